The fourth-order valence-electron chi connectivity index (χ4n) is 1.22. The van der Waals surface area contributed by atoms with Crippen molar-refractivity contribution in [2.45, 2.75) is 0 Å². The monoisotopic (exact) mass is 311 g/mol. The lowest BCUT2D eigenvalue weighted by molar-refractivity contribution is 0.102. The van der Waals surface area contributed by atoms with Crippen LogP contribution in [0.4, 0.5) is 5.82 Å². The van der Waals surface area contributed by atoms with Crippen molar-refractivity contribution in [3.63, 3.8) is 0 Å². The molecule has 1 aromatic carbocycles. The third-order valence-corrected chi connectivity index (χ3v) is 2.80. The number of rotatable bonds is 2. The molecule has 2 rings (SSSR count). The van der Waals surface area contributed by atoms with Crippen molar-refractivity contribution in [3.05, 3.63) is 51.8 Å². The Morgan fingerprint density at radius 2 is 2.18 bits per heavy atom. The van der Waals surface area contributed by atoms with Gasteiger partial charge in [-0.3, -0.25) is 9.78 Å². The average molecular weight is 313 g/mol. The fourth-order valence-corrected chi connectivity index (χ4v) is 1.78. The number of hydrogen-bond acceptors (Lipinski definition) is 3. The minimum Gasteiger partial charge on any atom is -0.305 e. The van der Waals surface area contributed by atoms with Crippen LogP contribution in [0.1, 0.15) is 10.4 Å². The van der Waals surface area contributed by atoms with Crippen LogP contribution in [0, 0.1) is 0 Å². The maximum atomic E-state index is 11.9. The molecule has 86 valence electrons. The van der Waals surface area contributed by atoms with Crippen LogP contribution in [0.2, 0.25) is 5.02 Å². The molecule has 4 nitrogen and oxygen atoms in total. The third-order valence-electron chi connectivity index (χ3n) is 1.98. The van der Waals surface area contributed by atoms with Gasteiger partial charge in [0.15, 0.2) is 5.82 Å². The molecule has 1 aromatic heterocycles. The van der Waals surface area contributed by atoms with Gasteiger partial charge in [0.05, 0.1) is 16.8 Å². The van der Waals surface area contributed by atoms with E-state index < -0.39 is 0 Å². The van der Waals surface area contributed by atoms with E-state index in [0.29, 0.717) is 16.4 Å². The van der Waals surface area contributed by atoms with Crippen LogP contribution in [0.15, 0.2) is 41.3 Å². The van der Waals surface area contributed by atoms with Gasteiger partial charge in [0.1, 0.15) is 0 Å². The molecular formula is C11H7BrClN3O. The topological polar surface area (TPSA) is 54.9 Å². The van der Waals surface area contributed by atoms with Crippen molar-refractivity contribution in [1.29, 1.82) is 0 Å². The lowest BCUT2D eigenvalue weighted by atomic mass is 10.2. The van der Waals surface area contributed by atoms with Gasteiger partial charge in [-0.1, -0.05) is 27.5 Å². The summed E-state index contributed by atoms with van der Waals surface area (Å²) in [6.07, 6.45) is 4.49. The molecule has 0 bridgehead atoms. The lowest BCUT2D eigenvalue weighted by Gasteiger charge is -2.05. The van der Waals surface area contributed by atoms with E-state index in [4.69, 9.17) is 11.6 Å². The number of amides is 1. The van der Waals surface area contributed by atoms with E-state index in [0.717, 1.165) is 4.47 Å². The van der Waals surface area contributed by atoms with Crippen LogP contribution in [-0.4, -0.2) is 15.9 Å². The highest BCUT2D eigenvalue weighted by Gasteiger charge is 2.11. The molecule has 0 unspecified atom stereocenters. The summed E-state index contributed by atoms with van der Waals surface area (Å²) in [5.74, 6) is 0.0605. The SMILES string of the molecule is O=C(Nc1cnccn1)c1cc(Br)ccc1Cl. The smallest absolute Gasteiger partial charge is 0.258 e. The average Bonchev–Trinajstić information content (AvgIpc) is 2.33. The van der Waals surface area contributed by atoms with Gasteiger partial charge in [0.25, 0.3) is 5.91 Å². The van der Waals surface area contributed by atoms with Gasteiger partial charge >= 0.3 is 0 Å². The molecule has 0 aliphatic heterocycles. The van der Waals surface area contributed by atoms with Crippen LogP contribution in [-0.2, 0) is 0 Å². The van der Waals surface area contributed by atoms with Crippen LogP contribution >= 0.6 is 27.5 Å². The Labute approximate surface area is 111 Å². The van der Waals surface area contributed by atoms with Gasteiger partial charge in [0.2, 0.25) is 0 Å². The highest BCUT2D eigenvalue weighted by atomic mass is 79.9. The first-order valence-corrected chi connectivity index (χ1v) is 5.86. The molecule has 0 aliphatic carbocycles. The number of aromatic nitrogens is 2. The summed E-state index contributed by atoms with van der Waals surface area (Å²) in [5.41, 5.74) is 0.381. The Morgan fingerprint density at radius 3 is 2.88 bits per heavy atom. The maximum absolute atomic E-state index is 11.9. The first-order chi connectivity index (χ1) is 8.16. The van der Waals surface area contributed by atoms with Crippen molar-refractivity contribution < 1.29 is 4.79 Å². The molecule has 0 atom stereocenters. The third kappa shape index (κ3) is 3.01. The van der Waals surface area contributed by atoms with E-state index in [-0.39, 0.29) is 5.91 Å². The summed E-state index contributed by atoms with van der Waals surface area (Å²) in [7, 11) is 0. The number of carbonyl (C=O) groups excluding carboxylic acids is 1. The molecule has 0 radical (unpaired) electrons. The Kier molecular flexibility index (Phi) is 3.71. The van der Waals surface area contributed by atoms with Crippen LogP contribution in [0.25, 0.3) is 0 Å². The van der Waals surface area contributed by atoms with E-state index >= 15 is 0 Å². The minimum absolute atomic E-state index is 0.322. The largest absolute Gasteiger partial charge is 0.305 e. The second-order valence-corrected chi connectivity index (χ2v) is 4.49. The molecule has 0 fully saturated rings. The molecule has 0 saturated carbocycles. The van der Waals surface area contributed by atoms with Crippen molar-refractivity contribution in [2.75, 3.05) is 5.32 Å². The Bertz CT molecular complexity index is 548. The quantitative estimate of drug-likeness (QED) is 0.927. The fraction of sp³-hybridized carbons (Fsp3) is 0. The molecule has 2 aromatic rings. The number of nitrogens with one attached hydrogen (secondary N) is 1. The second-order valence-electron chi connectivity index (χ2n) is 3.17. The first kappa shape index (κ1) is 12.0. The maximum Gasteiger partial charge on any atom is 0.258 e. The number of benzene rings is 1. The number of anilines is 1. The van der Waals surface area contributed by atoms with Gasteiger partial charge in [0, 0.05) is 16.9 Å². The van der Waals surface area contributed by atoms with E-state index in [1.807, 2.05) is 0 Å². The molecule has 0 spiro atoms. The van der Waals surface area contributed by atoms with Crippen molar-refractivity contribution >= 4 is 39.3 Å². The Morgan fingerprint density at radius 1 is 1.35 bits per heavy atom. The highest BCUT2D eigenvalue weighted by molar-refractivity contribution is 9.10. The summed E-state index contributed by atoms with van der Waals surface area (Å²) in [5, 5.41) is 2.99. The summed E-state index contributed by atoms with van der Waals surface area (Å²) < 4.78 is 0.784. The van der Waals surface area contributed by atoms with E-state index in [1.54, 1.807) is 18.2 Å². The predicted molar refractivity (Wildman–Crippen MR) is 69.1 cm³/mol. The molecule has 1 amide bonds. The van der Waals surface area contributed by atoms with Gasteiger partial charge in [-0.2, -0.15) is 0 Å². The number of hydrogen-bond donors (Lipinski definition) is 1. The van der Waals surface area contributed by atoms with Crippen LogP contribution in [0.5, 0.6) is 0 Å². The molecule has 17 heavy (non-hydrogen) atoms. The molecule has 6 heteroatoms. The molecular weight excluding hydrogens is 305 g/mol. The Hall–Kier alpha value is -1.46. The van der Waals surface area contributed by atoms with Gasteiger partial charge in [-0.25, -0.2) is 4.98 Å². The highest BCUT2D eigenvalue weighted by Crippen LogP contribution is 2.21. The molecule has 0 aliphatic rings. The van der Waals surface area contributed by atoms with Crippen molar-refractivity contribution in [1.82, 2.24) is 9.97 Å². The molecule has 0 saturated heterocycles. The molecule has 1 N–H and O–H groups in total. The standard InChI is InChI=1S/C11H7BrClN3O/c12-7-1-2-9(13)8(5-7)11(17)16-10-6-14-3-4-15-10/h1-6H,(H,15,16,17). The van der Waals surface area contributed by atoms with Gasteiger partial charge in [-0.05, 0) is 18.2 Å². The predicted octanol–water partition coefficient (Wildman–Crippen LogP) is 3.14. The van der Waals surface area contributed by atoms with Crippen molar-refractivity contribution in [3.8, 4) is 0 Å². The first-order valence-electron chi connectivity index (χ1n) is 4.69. The lowest BCUT2D eigenvalue weighted by Crippen LogP contribution is -2.13. The summed E-state index contributed by atoms with van der Waals surface area (Å²) in [4.78, 5) is 19.7. The zero-order chi connectivity index (χ0) is 12.3. The van der Waals surface area contributed by atoms with Gasteiger partial charge in [-0.15, -0.1) is 0 Å². The van der Waals surface area contributed by atoms with Gasteiger partial charge < -0.3 is 5.32 Å². The minimum atomic E-state index is -0.322. The number of nitrogens with zero attached hydrogens (tertiary/aromatic N) is 2. The normalized spacial score (nSPS) is 10.0. The van der Waals surface area contributed by atoms with E-state index in [1.165, 1.54) is 18.6 Å². The summed E-state index contributed by atoms with van der Waals surface area (Å²) in [6.45, 7) is 0. The van der Waals surface area contributed by atoms with Crippen LogP contribution in [0.3, 0.4) is 0 Å². The second kappa shape index (κ2) is 5.25. The molecule has 1 heterocycles. The summed E-state index contributed by atoms with van der Waals surface area (Å²) >= 11 is 9.22. The van der Waals surface area contributed by atoms with Crippen LogP contribution < -0.4 is 5.32 Å². The zero-order valence-corrected chi connectivity index (χ0v) is 10.9. The zero-order valence-electron chi connectivity index (χ0n) is 8.52. The Balaban J connectivity index is 2.23. The van der Waals surface area contributed by atoms with E-state index in [9.17, 15) is 4.79 Å². The van der Waals surface area contributed by atoms with E-state index in [2.05, 4.69) is 31.2 Å². The number of carbonyl (C=O) groups is 1. The summed E-state index contributed by atoms with van der Waals surface area (Å²) in [6, 6.07) is 5.06. The number of halogens is 2. The van der Waals surface area contributed by atoms with Crippen molar-refractivity contribution in [2.24, 2.45) is 0 Å².